The van der Waals surface area contributed by atoms with Gasteiger partial charge in [-0.25, -0.2) is 4.39 Å². The van der Waals surface area contributed by atoms with E-state index in [1.165, 1.54) is 12.1 Å². The number of methoxy groups -OCH3 is 1. The highest BCUT2D eigenvalue weighted by molar-refractivity contribution is 5.52. The fraction of sp³-hybridized carbons (Fsp3) is 0.167. The Labute approximate surface area is 165 Å². The summed E-state index contributed by atoms with van der Waals surface area (Å²) < 4.78 is 25.0. The normalized spacial score (nSPS) is 10.4. The van der Waals surface area contributed by atoms with Crippen LogP contribution in [0.1, 0.15) is 16.7 Å². The number of hydrogen-bond donors (Lipinski definition) is 1. The van der Waals surface area contributed by atoms with Gasteiger partial charge in [0, 0.05) is 17.8 Å². The monoisotopic (exact) mass is 377 g/mol. The van der Waals surface area contributed by atoms with Crippen LogP contribution in [0.15, 0.2) is 79.4 Å². The van der Waals surface area contributed by atoms with Gasteiger partial charge in [0.15, 0.2) is 11.5 Å². The first kappa shape index (κ1) is 19.5. The number of rotatable bonds is 9. The molecule has 0 atom stereocenters. The van der Waals surface area contributed by atoms with Crippen LogP contribution in [-0.4, -0.2) is 7.11 Å². The highest BCUT2D eigenvalue weighted by Crippen LogP contribution is 2.34. The third-order valence-corrected chi connectivity index (χ3v) is 4.32. The second-order valence-electron chi connectivity index (χ2n) is 6.42. The van der Waals surface area contributed by atoms with Gasteiger partial charge in [0.05, 0.1) is 7.11 Å². The van der Waals surface area contributed by atoms with Crippen molar-refractivity contribution >= 4 is 5.69 Å². The van der Waals surface area contributed by atoms with E-state index >= 15 is 0 Å². The lowest BCUT2D eigenvalue weighted by Gasteiger charge is -2.17. The van der Waals surface area contributed by atoms with Gasteiger partial charge in [-0.2, -0.15) is 0 Å². The minimum atomic E-state index is -0.276. The summed E-state index contributed by atoms with van der Waals surface area (Å²) in [5.74, 6) is 1.04. The Bertz CT molecular complexity index is 925. The van der Waals surface area contributed by atoms with E-state index in [2.05, 4.69) is 18.0 Å². The van der Waals surface area contributed by atoms with E-state index in [4.69, 9.17) is 9.47 Å². The molecule has 28 heavy (non-hydrogen) atoms. The molecule has 0 fully saturated rings. The molecule has 0 aromatic heterocycles. The van der Waals surface area contributed by atoms with Crippen molar-refractivity contribution in [1.82, 2.24) is 0 Å². The fourth-order valence-corrected chi connectivity index (χ4v) is 2.99. The maximum Gasteiger partial charge on any atom is 0.165 e. The van der Waals surface area contributed by atoms with Gasteiger partial charge in [-0.15, -0.1) is 6.58 Å². The van der Waals surface area contributed by atoms with E-state index in [1.807, 2.05) is 48.5 Å². The van der Waals surface area contributed by atoms with Gasteiger partial charge in [-0.1, -0.05) is 36.4 Å². The molecule has 0 aliphatic carbocycles. The molecule has 0 saturated heterocycles. The topological polar surface area (TPSA) is 30.5 Å². The van der Waals surface area contributed by atoms with Crippen molar-refractivity contribution in [2.24, 2.45) is 0 Å². The molecule has 0 aliphatic heterocycles. The van der Waals surface area contributed by atoms with Crippen LogP contribution in [0.5, 0.6) is 11.5 Å². The number of anilines is 1. The Hall–Kier alpha value is -3.27. The number of halogens is 1. The summed E-state index contributed by atoms with van der Waals surface area (Å²) in [7, 11) is 1.62. The standard InChI is InChI=1S/C24H24FNO2/c1-3-8-20-13-19(16-26-22-11-5-4-6-12-22)15-23(27-2)24(20)28-17-18-9-7-10-21(25)14-18/h3-7,9-15,26H,1,8,16-17H2,2H3. The SMILES string of the molecule is C=CCc1cc(CNc2ccccc2)cc(OC)c1OCc1cccc(F)c1. The van der Waals surface area contributed by atoms with E-state index in [-0.39, 0.29) is 12.4 Å². The maximum atomic E-state index is 13.4. The number of allylic oxidation sites excluding steroid dienone is 1. The van der Waals surface area contributed by atoms with Gasteiger partial charge in [-0.05, 0) is 53.9 Å². The lowest BCUT2D eigenvalue weighted by molar-refractivity contribution is 0.281. The number of nitrogens with one attached hydrogen (secondary N) is 1. The number of benzene rings is 3. The predicted molar refractivity (Wildman–Crippen MR) is 111 cm³/mol. The van der Waals surface area contributed by atoms with Crippen LogP contribution in [0.3, 0.4) is 0 Å². The zero-order valence-electron chi connectivity index (χ0n) is 16.0. The van der Waals surface area contributed by atoms with Crippen LogP contribution in [0.25, 0.3) is 0 Å². The highest BCUT2D eigenvalue weighted by Gasteiger charge is 2.13. The quantitative estimate of drug-likeness (QED) is 0.481. The van der Waals surface area contributed by atoms with Gasteiger partial charge >= 0.3 is 0 Å². The second-order valence-corrected chi connectivity index (χ2v) is 6.42. The van der Waals surface area contributed by atoms with Gasteiger partial charge < -0.3 is 14.8 Å². The third kappa shape index (κ3) is 5.13. The molecule has 3 rings (SSSR count). The lowest BCUT2D eigenvalue weighted by Crippen LogP contribution is -2.05. The summed E-state index contributed by atoms with van der Waals surface area (Å²) in [5.41, 5.74) is 3.88. The van der Waals surface area contributed by atoms with E-state index in [9.17, 15) is 4.39 Å². The number of hydrogen-bond acceptors (Lipinski definition) is 3. The largest absolute Gasteiger partial charge is 0.493 e. The zero-order valence-corrected chi connectivity index (χ0v) is 16.0. The van der Waals surface area contributed by atoms with E-state index < -0.39 is 0 Å². The molecule has 0 bridgehead atoms. The van der Waals surface area contributed by atoms with Crippen molar-refractivity contribution in [1.29, 1.82) is 0 Å². The van der Waals surface area contributed by atoms with Crippen LogP contribution in [0.2, 0.25) is 0 Å². The lowest BCUT2D eigenvalue weighted by atomic mass is 10.1. The smallest absolute Gasteiger partial charge is 0.165 e. The molecule has 0 heterocycles. The molecule has 4 heteroatoms. The molecule has 1 N–H and O–H groups in total. The predicted octanol–water partition coefficient (Wildman–Crippen LogP) is 5.75. The first-order valence-corrected chi connectivity index (χ1v) is 9.16. The van der Waals surface area contributed by atoms with Crippen LogP contribution >= 0.6 is 0 Å². The third-order valence-electron chi connectivity index (χ3n) is 4.32. The Morgan fingerprint density at radius 3 is 2.54 bits per heavy atom. The fourth-order valence-electron chi connectivity index (χ4n) is 2.99. The van der Waals surface area contributed by atoms with Gasteiger partial charge in [-0.3, -0.25) is 0 Å². The van der Waals surface area contributed by atoms with Crippen molar-refractivity contribution in [2.45, 2.75) is 19.6 Å². The first-order valence-electron chi connectivity index (χ1n) is 9.16. The molecule has 0 radical (unpaired) electrons. The van der Waals surface area contributed by atoms with Crippen molar-refractivity contribution in [2.75, 3.05) is 12.4 Å². The maximum absolute atomic E-state index is 13.4. The first-order chi connectivity index (χ1) is 13.7. The number of ether oxygens (including phenoxy) is 2. The molecule has 144 valence electrons. The average Bonchev–Trinajstić information content (AvgIpc) is 2.72. The molecular formula is C24H24FNO2. The summed E-state index contributed by atoms with van der Waals surface area (Å²) in [6, 6.07) is 20.5. The molecular weight excluding hydrogens is 353 g/mol. The summed E-state index contributed by atoms with van der Waals surface area (Å²) in [5, 5.41) is 3.40. The van der Waals surface area contributed by atoms with Gasteiger partial charge in [0.25, 0.3) is 0 Å². The average molecular weight is 377 g/mol. The molecule has 0 unspecified atom stereocenters. The van der Waals surface area contributed by atoms with E-state index in [1.54, 1.807) is 13.2 Å². The van der Waals surface area contributed by atoms with Crippen LogP contribution in [0, 0.1) is 5.82 Å². The summed E-state index contributed by atoms with van der Waals surface area (Å²) >= 11 is 0. The molecule has 0 amide bonds. The zero-order chi connectivity index (χ0) is 19.8. The van der Waals surface area contributed by atoms with Crippen molar-refractivity contribution in [3.63, 3.8) is 0 Å². The highest BCUT2D eigenvalue weighted by atomic mass is 19.1. The molecule has 3 aromatic carbocycles. The van der Waals surface area contributed by atoms with Crippen molar-refractivity contribution in [3.05, 3.63) is 102 Å². The van der Waals surface area contributed by atoms with E-state index in [0.29, 0.717) is 24.5 Å². The Kier molecular flexibility index (Phi) is 6.68. The minimum absolute atomic E-state index is 0.264. The molecule has 0 spiro atoms. The van der Waals surface area contributed by atoms with Crippen LogP contribution < -0.4 is 14.8 Å². The van der Waals surface area contributed by atoms with E-state index in [0.717, 1.165) is 22.4 Å². The van der Waals surface area contributed by atoms with Gasteiger partial charge in [0.2, 0.25) is 0 Å². The summed E-state index contributed by atoms with van der Waals surface area (Å²) in [4.78, 5) is 0. The molecule has 0 aliphatic rings. The molecule has 0 saturated carbocycles. The van der Waals surface area contributed by atoms with Gasteiger partial charge in [0.1, 0.15) is 12.4 Å². The Morgan fingerprint density at radius 1 is 1.00 bits per heavy atom. The second kappa shape index (κ2) is 9.60. The van der Waals surface area contributed by atoms with Crippen molar-refractivity contribution < 1.29 is 13.9 Å². The van der Waals surface area contributed by atoms with Crippen LogP contribution in [0.4, 0.5) is 10.1 Å². The van der Waals surface area contributed by atoms with Crippen molar-refractivity contribution in [3.8, 4) is 11.5 Å². The molecule has 3 aromatic rings. The van der Waals surface area contributed by atoms with Crippen LogP contribution in [-0.2, 0) is 19.6 Å². The Morgan fingerprint density at radius 2 is 1.82 bits per heavy atom. The minimum Gasteiger partial charge on any atom is -0.493 e. The number of para-hydroxylation sites is 1. The molecule has 3 nitrogen and oxygen atoms in total. The summed E-state index contributed by atoms with van der Waals surface area (Å²) in [6.07, 6.45) is 2.48. The Balaban J connectivity index is 1.81. The summed E-state index contributed by atoms with van der Waals surface area (Å²) in [6.45, 7) is 4.77.